The predicted octanol–water partition coefficient (Wildman–Crippen LogP) is 4.61. The Morgan fingerprint density at radius 1 is 1.07 bits per heavy atom. The lowest BCUT2D eigenvalue weighted by Gasteiger charge is -2.28. The van der Waals surface area contributed by atoms with E-state index < -0.39 is 0 Å². The molecule has 7 heteroatoms. The van der Waals surface area contributed by atoms with Gasteiger partial charge in [0.05, 0.1) is 5.69 Å². The summed E-state index contributed by atoms with van der Waals surface area (Å²) in [6.07, 6.45) is 7.58. The molecule has 0 bridgehead atoms. The number of nitrogens with two attached hydrogens (primary N) is 2. The quantitative estimate of drug-likeness (QED) is 0.460. The summed E-state index contributed by atoms with van der Waals surface area (Å²) in [5.74, 6) is 2.64. The second-order valence-electron chi connectivity index (χ2n) is 8.09. The number of imidazole rings is 1. The van der Waals surface area contributed by atoms with Gasteiger partial charge in [-0.05, 0) is 74.9 Å². The normalized spacial score (nSPS) is 19.3. The van der Waals surface area contributed by atoms with Crippen molar-refractivity contribution in [1.29, 1.82) is 0 Å². The smallest absolute Gasteiger partial charge is 0.177 e. The second kappa shape index (κ2) is 7.50. The summed E-state index contributed by atoms with van der Waals surface area (Å²) in [6.45, 7) is 1.95. The number of aryl methyl sites for hydroxylation is 1. The molecule has 30 heavy (non-hydrogen) atoms. The van der Waals surface area contributed by atoms with Gasteiger partial charge >= 0.3 is 0 Å². The highest BCUT2D eigenvalue weighted by Gasteiger charge is 2.27. The van der Waals surface area contributed by atoms with Crippen molar-refractivity contribution in [3.8, 4) is 11.3 Å². The van der Waals surface area contributed by atoms with Gasteiger partial charge in [0.25, 0.3) is 0 Å². The van der Waals surface area contributed by atoms with Crippen LogP contribution in [0.15, 0.2) is 53.2 Å². The molecule has 0 atom stereocenters. The van der Waals surface area contributed by atoms with Crippen LogP contribution in [-0.2, 0) is 0 Å². The molecule has 5 rings (SSSR count). The van der Waals surface area contributed by atoms with Crippen LogP contribution in [0.4, 0.5) is 17.2 Å². The maximum Gasteiger partial charge on any atom is 0.177 e. The van der Waals surface area contributed by atoms with E-state index in [9.17, 15) is 0 Å². The maximum absolute atomic E-state index is 6.42. The highest BCUT2D eigenvalue weighted by Crippen LogP contribution is 2.41. The van der Waals surface area contributed by atoms with Crippen molar-refractivity contribution in [2.75, 3.05) is 11.1 Å². The number of rotatable bonds is 4. The van der Waals surface area contributed by atoms with Crippen molar-refractivity contribution in [3.05, 3.63) is 60.1 Å². The molecule has 7 nitrogen and oxygen atoms in total. The molecule has 1 aliphatic carbocycles. The van der Waals surface area contributed by atoms with Gasteiger partial charge in [-0.2, -0.15) is 0 Å². The first-order valence-electron chi connectivity index (χ1n) is 10.4. The van der Waals surface area contributed by atoms with Gasteiger partial charge in [-0.3, -0.25) is 0 Å². The Hall–Kier alpha value is -3.32. The third-order valence-corrected chi connectivity index (χ3v) is 5.97. The molecule has 0 radical (unpaired) electrons. The number of fused-ring (bicyclic) bond motifs is 1. The Kier molecular flexibility index (Phi) is 4.67. The lowest BCUT2D eigenvalue weighted by molar-refractivity contribution is 0.396. The van der Waals surface area contributed by atoms with Crippen LogP contribution in [0.3, 0.4) is 0 Å². The minimum Gasteiger partial charge on any atom is -0.461 e. The predicted molar refractivity (Wildman–Crippen MR) is 119 cm³/mol. The number of nitrogen functional groups attached to an aromatic ring is 1. The number of hydrogen-bond donors (Lipinski definition) is 3. The summed E-state index contributed by atoms with van der Waals surface area (Å²) in [6, 6.07) is 12.4. The van der Waals surface area contributed by atoms with Gasteiger partial charge in [-0.25, -0.2) is 9.50 Å². The zero-order valence-electron chi connectivity index (χ0n) is 17.0. The first-order valence-corrected chi connectivity index (χ1v) is 10.4. The van der Waals surface area contributed by atoms with Crippen LogP contribution in [0.25, 0.3) is 17.0 Å². The van der Waals surface area contributed by atoms with Gasteiger partial charge in [-0.15, -0.1) is 5.10 Å². The Morgan fingerprint density at radius 2 is 1.83 bits per heavy atom. The lowest BCUT2D eigenvalue weighted by Crippen LogP contribution is -2.26. The first kappa shape index (κ1) is 18.7. The van der Waals surface area contributed by atoms with Gasteiger partial charge in [0.1, 0.15) is 17.3 Å². The number of furan rings is 1. The van der Waals surface area contributed by atoms with Crippen LogP contribution in [0.2, 0.25) is 0 Å². The number of aromatic nitrogens is 3. The number of nitrogens with zero attached hydrogens (tertiary/aromatic N) is 3. The van der Waals surface area contributed by atoms with E-state index in [-0.39, 0.29) is 6.04 Å². The molecule has 1 saturated carbocycles. The van der Waals surface area contributed by atoms with Crippen LogP contribution in [0, 0.1) is 6.92 Å². The third-order valence-electron chi connectivity index (χ3n) is 5.97. The van der Waals surface area contributed by atoms with Crippen molar-refractivity contribution in [1.82, 2.24) is 14.6 Å². The van der Waals surface area contributed by atoms with E-state index in [1.807, 2.05) is 49.5 Å². The van der Waals surface area contributed by atoms with E-state index in [4.69, 9.17) is 15.9 Å². The van der Waals surface area contributed by atoms with Crippen molar-refractivity contribution in [2.24, 2.45) is 5.73 Å². The molecule has 3 heterocycles. The molecule has 0 saturated heterocycles. The molecule has 5 N–H and O–H groups in total. The third kappa shape index (κ3) is 3.41. The SMILES string of the molecule is Cc1ccc(-c2ccc(Nc3c(C4CCC(N)CC4)c(N)nn4ccnc34)cc2)o1. The van der Waals surface area contributed by atoms with Crippen molar-refractivity contribution in [3.63, 3.8) is 0 Å². The minimum atomic E-state index is 0.278. The zero-order valence-corrected chi connectivity index (χ0v) is 17.0. The molecule has 1 aliphatic rings. The highest BCUT2D eigenvalue weighted by atomic mass is 16.3. The Balaban J connectivity index is 1.51. The van der Waals surface area contributed by atoms with E-state index >= 15 is 0 Å². The van der Waals surface area contributed by atoms with E-state index in [2.05, 4.69) is 15.4 Å². The van der Waals surface area contributed by atoms with Crippen LogP contribution in [0.5, 0.6) is 0 Å². The van der Waals surface area contributed by atoms with E-state index in [1.54, 1.807) is 10.7 Å². The molecule has 0 amide bonds. The van der Waals surface area contributed by atoms with Crippen LogP contribution in [-0.4, -0.2) is 20.6 Å². The second-order valence-corrected chi connectivity index (χ2v) is 8.09. The average molecular weight is 403 g/mol. The summed E-state index contributed by atoms with van der Waals surface area (Å²) in [5.41, 5.74) is 17.3. The zero-order chi connectivity index (χ0) is 20.7. The molecular weight excluding hydrogens is 376 g/mol. The largest absolute Gasteiger partial charge is 0.461 e. The van der Waals surface area contributed by atoms with Gasteiger partial charge in [-0.1, -0.05) is 0 Å². The van der Waals surface area contributed by atoms with Gasteiger partial charge in [0, 0.05) is 35.2 Å². The van der Waals surface area contributed by atoms with Gasteiger partial charge in [0.15, 0.2) is 5.65 Å². The summed E-state index contributed by atoms with van der Waals surface area (Å²) in [5, 5.41) is 8.11. The Bertz CT molecular complexity index is 1170. The van der Waals surface area contributed by atoms with E-state index in [1.165, 1.54) is 0 Å². The number of nitrogens with one attached hydrogen (secondary N) is 1. The molecule has 154 valence electrons. The van der Waals surface area contributed by atoms with Crippen molar-refractivity contribution >= 4 is 22.8 Å². The Morgan fingerprint density at radius 3 is 2.53 bits per heavy atom. The van der Waals surface area contributed by atoms with Crippen molar-refractivity contribution in [2.45, 2.75) is 44.6 Å². The van der Waals surface area contributed by atoms with Gasteiger partial charge < -0.3 is 21.2 Å². The molecule has 0 aliphatic heterocycles. The van der Waals surface area contributed by atoms with Crippen LogP contribution in [0.1, 0.15) is 42.9 Å². The van der Waals surface area contributed by atoms with E-state index in [0.29, 0.717) is 11.7 Å². The molecule has 1 fully saturated rings. The topological polar surface area (TPSA) is 107 Å². The van der Waals surface area contributed by atoms with Crippen molar-refractivity contribution < 1.29 is 4.42 Å². The molecule has 0 unspecified atom stereocenters. The number of anilines is 3. The van der Waals surface area contributed by atoms with Crippen LogP contribution < -0.4 is 16.8 Å². The van der Waals surface area contributed by atoms with E-state index in [0.717, 1.165) is 65.4 Å². The fourth-order valence-corrected chi connectivity index (χ4v) is 4.37. The summed E-state index contributed by atoms with van der Waals surface area (Å²) in [4.78, 5) is 4.54. The maximum atomic E-state index is 6.42. The summed E-state index contributed by atoms with van der Waals surface area (Å²) >= 11 is 0. The molecular formula is C23H26N6O. The molecule has 3 aromatic heterocycles. The summed E-state index contributed by atoms with van der Waals surface area (Å²) < 4.78 is 7.46. The number of benzene rings is 1. The fourth-order valence-electron chi connectivity index (χ4n) is 4.37. The molecule has 4 aromatic rings. The fraction of sp³-hybridized carbons (Fsp3) is 0.304. The molecule has 1 aromatic carbocycles. The standard InChI is InChI=1S/C23H26N6O/c1-14-2-11-19(30-14)15-5-9-18(10-6-15)27-21-20(16-3-7-17(24)8-4-16)22(25)28-29-13-12-26-23(21)29/h2,5-6,9-13,16-17,27H,3-4,7-8,24H2,1H3,(H2,25,28). The van der Waals surface area contributed by atoms with Gasteiger partial charge in [0.2, 0.25) is 0 Å². The Labute approximate surface area is 175 Å². The number of hydrogen-bond acceptors (Lipinski definition) is 6. The first-order chi connectivity index (χ1) is 14.6. The van der Waals surface area contributed by atoms with Crippen LogP contribution >= 0.6 is 0 Å². The average Bonchev–Trinajstić information content (AvgIpc) is 3.38. The molecule has 0 spiro atoms. The lowest BCUT2D eigenvalue weighted by atomic mass is 9.81. The highest BCUT2D eigenvalue weighted by molar-refractivity contribution is 5.81. The minimum absolute atomic E-state index is 0.278. The summed E-state index contributed by atoms with van der Waals surface area (Å²) in [7, 11) is 0. The monoisotopic (exact) mass is 402 g/mol.